The third kappa shape index (κ3) is 3.71. The number of hydrogen-bond donors (Lipinski definition) is 1. The minimum Gasteiger partial charge on any atom is -0.492 e. The van der Waals surface area contributed by atoms with Crippen molar-refractivity contribution in [1.82, 2.24) is 24.4 Å². The molecule has 4 heterocycles. The number of rotatable bonds is 5. The second kappa shape index (κ2) is 8.64. The van der Waals surface area contributed by atoms with Crippen molar-refractivity contribution in [2.24, 2.45) is 0 Å². The lowest BCUT2D eigenvalue weighted by atomic mass is 10.0. The van der Waals surface area contributed by atoms with Crippen LogP contribution in [0.15, 0.2) is 53.1 Å². The minimum absolute atomic E-state index is 0.0666. The molecule has 0 bridgehead atoms. The van der Waals surface area contributed by atoms with Gasteiger partial charge in [0, 0.05) is 26.2 Å². The van der Waals surface area contributed by atoms with E-state index in [1.807, 2.05) is 30.3 Å². The summed E-state index contributed by atoms with van der Waals surface area (Å²) in [7, 11) is 0. The van der Waals surface area contributed by atoms with E-state index in [-0.39, 0.29) is 18.0 Å². The van der Waals surface area contributed by atoms with Crippen molar-refractivity contribution in [3.63, 3.8) is 0 Å². The van der Waals surface area contributed by atoms with Crippen LogP contribution < -0.4 is 0 Å². The number of benzene rings is 1. The molecule has 0 spiro atoms. The van der Waals surface area contributed by atoms with Crippen LogP contribution >= 0.6 is 11.3 Å². The number of nitrogens with zero attached hydrogens (tertiary/aromatic N) is 5. The summed E-state index contributed by atoms with van der Waals surface area (Å²) in [4.78, 5) is 22.0. The van der Waals surface area contributed by atoms with E-state index in [0.717, 1.165) is 10.4 Å². The molecule has 166 valence electrons. The monoisotopic (exact) mass is 453 g/mol. The SMILES string of the molecule is CCOC(=O)N1CCN(C(c2ccccc2)c2sc3nc(-c4ccco4)nn3c2O)CC1. The lowest BCUT2D eigenvalue weighted by molar-refractivity contribution is 0.0715. The van der Waals surface area contributed by atoms with Gasteiger partial charge in [-0.3, -0.25) is 4.90 Å². The van der Waals surface area contributed by atoms with Crippen LogP contribution in [0.4, 0.5) is 4.79 Å². The van der Waals surface area contributed by atoms with Gasteiger partial charge in [0.15, 0.2) is 5.76 Å². The number of ether oxygens (including phenoxy) is 1. The topological polar surface area (TPSA) is 96.3 Å². The maximum absolute atomic E-state index is 12.1. The number of fused-ring (bicyclic) bond motifs is 1. The molecular weight excluding hydrogens is 430 g/mol. The van der Waals surface area contributed by atoms with Crippen LogP contribution in [0.25, 0.3) is 16.5 Å². The quantitative estimate of drug-likeness (QED) is 0.493. The van der Waals surface area contributed by atoms with E-state index in [2.05, 4.69) is 15.0 Å². The van der Waals surface area contributed by atoms with Crippen molar-refractivity contribution in [3.05, 3.63) is 59.2 Å². The first-order valence-electron chi connectivity index (χ1n) is 10.5. The number of hydrogen-bond acceptors (Lipinski definition) is 8. The van der Waals surface area contributed by atoms with Crippen LogP contribution in [-0.2, 0) is 4.74 Å². The molecule has 10 heteroatoms. The zero-order chi connectivity index (χ0) is 22.1. The van der Waals surface area contributed by atoms with E-state index in [0.29, 0.717) is 49.3 Å². The second-order valence-electron chi connectivity index (χ2n) is 7.43. The van der Waals surface area contributed by atoms with Gasteiger partial charge in [-0.05, 0) is 24.6 Å². The van der Waals surface area contributed by atoms with E-state index in [1.54, 1.807) is 30.2 Å². The summed E-state index contributed by atoms with van der Waals surface area (Å²) in [6.45, 7) is 4.60. The Morgan fingerprint density at radius 1 is 1.19 bits per heavy atom. The third-order valence-electron chi connectivity index (χ3n) is 5.51. The van der Waals surface area contributed by atoms with Gasteiger partial charge in [0.05, 0.1) is 23.8 Å². The largest absolute Gasteiger partial charge is 0.492 e. The highest BCUT2D eigenvalue weighted by Gasteiger charge is 2.33. The molecule has 1 aliphatic heterocycles. The van der Waals surface area contributed by atoms with Gasteiger partial charge in [0.1, 0.15) is 0 Å². The van der Waals surface area contributed by atoms with Crippen LogP contribution in [0.2, 0.25) is 0 Å². The van der Waals surface area contributed by atoms with Gasteiger partial charge in [-0.25, -0.2) is 4.79 Å². The Hall–Kier alpha value is -3.37. The highest BCUT2D eigenvalue weighted by Crippen LogP contribution is 2.40. The lowest BCUT2D eigenvalue weighted by Crippen LogP contribution is -2.49. The molecule has 0 saturated carbocycles. The summed E-state index contributed by atoms with van der Waals surface area (Å²) in [6, 6.07) is 13.4. The van der Waals surface area contributed by atoms with Crippen LogP contribution in [0.5, 0.6) is 5.88 Å². The number of aromatic nitrogens is 3. The molecule has 1 fully saturated rings. The van der Waals surface area contributed by atoms with Crippen LogP contribution in [0.1, 0.15) is 23.4 Å². The molecule has 5 rings (SSSR count). The van der Waals surface area contributed by atoms with Gasteiger partial charge in [0.2, 0.25) is 16.7 Å². The summed E-state index contributed by atoms with van der Waals surface area (Å²) in [5.41, 5.74) is 1.06. The highest BCUT2D eigenvalue weighted by molar-refractivity contribution is 7.17. The fourth-order valence-electron chi connectivity index (χ4n) is 3.98. The first kappa shape index (κ1) is 20.5. The maximum atomic E-state index is 12.1. The van der Waals surface area contributed by atoms with Gasteiger partial charge in [0.25, 0.3) is 0 Å². The second-order valence-corrected chi connectivity index (χ2v) is 8.44. The summed E-state index contributed by atoms with van der Waals surface area (Å²) in [5.74, 6) is 1.05. The molecular formula is C22H23N5O4S. The van der Waals surface area contributed by atoms with Crippen molar-refractivity contribution in [3.8, 4) is 17.5 Å². The molecule has 0 radical (unpaired) electrons. The Kier molecular flexibility index (Phi) is 5.54. The van der Waals surface area contributed by atoms with Gasteiger partial charge in [-0.15, -0.1) is 5.10 Å². The lowest BCUT2D eigenvalue weighted by Gasteiger charge is -2.38. The molecule has 1 aromatic carbocycles. The number of furan rings is 1. The van der Waals surface area contributed by atoms with Crippen molar-refractivity contribution in [1.29, 1.82) is 0 Å². The number of piperazine rings is 1. The van der Waals surface area contributed by atoms with Gasteiger partial charge in [-0.1, -0.05) is 41.7 Å². The molecule has 32 heavy (non-hydrogen) atoms. The van der Waals surface area contributed by atoms with Gasteiger partial charge in [-0.2, -0.15) is 9.50 Å². The average molecular weight is 454 g/mol. The van der Waals surface area contributed by atoms with Crippen LogP contribution in [0.3, 0.4) is 0 Å². The standard InChI is InChI=1S/C22H23N5O4S/c1-2-30-22(29)26-12-10-25(11-13-26)17(15-7-4-3-5-8-15)18-20(28)27-21(32-18)23-19(24-27)16-9-6-14-31-16/h3-9,14,17,28H,2,10-13H2,1H3. The van der Waals surface area contributed by atoms with Crippen molar-refractivity contribution in [2.75, 3.05) is 32.8 Å². The summed E-state index contributed by atoms with van der Waals surface area (Å²) >= 11 is 1.40. The Labute approximate surface area is 188 Å². The summed E-state index contributed by atoms with van der Waals surface area (Å²) in [6.07, 6.45) is 1.28. The predicted molar refractivity (Wildman–Crippen MR) is 119 cm³/mol. The van der Waals surface area contributed by atoms with E-state index in [4.69, 9.17) is 9.15 Å². The number of amides is 1. The van der Waals surface area contributed by atoms with E-state index < -0.39 is 0 Å². The van der Waals surface area contributed by atoms with Crippen LogP contribution in [0, 0.1) is 0 Å². The minimum atomic E-state index is -0.282. The normalized spacial score (nSPS) is 15.8. The van der Waals surface area contributed by atoms with E-state index in [1.165, 1.54) is 15.9 Å². The molecule has 1 aliphatic rings. The van der Waals surface area contributed by atoms with Crippen molar-refractivity contribution in [2.45, 2.75) is 13.0 Å². The van der Waals surface area contributed by atoms with E-state index >= 15 is 0 Å². The fourth-order valence-corrected chi connectivity index (χ4v) is 5.10. The number of carbonyl (C=O) groups excluding carboxylic acids is 1. The molecule has 1 unspecified atom stereocenters. The molecule has 9 nitrogen and oxygen atoms in total. The number of carbonyl (C=O) groups is 1. The Balaban J connectivity index is 1.47. The van der Waals surface area contributed by atoms with E-state index in [9.17, 15) is 9.90 Å². The Morgan fingerprint density at radius 3 is 2.62 bits per heavy atom. The third-order valence-corrected chi connectivity index (χ3v) is 6.58. The average Bonchev–Trinajstić information content (AvgIpc) is 3.54. The molecule has 3 aromatic heterocycles. The summed E-state index contributed by atoms with van der Waals surface area (Å²) < 4.78 is 12.0. The molecule has 1 amide bonds. The first-order chi connectivity index (χ1) is 15.7. The number of aromatic hydroxyl groups is 1. The smallest absolute Gasteiger partial charge is 0.409 e. The highest BCUT2D eigenvalue weighted by atomic mass is 32.1. The fraction of sp³-hybridized carbons (Fsp3) is 0.318. The maximum Gasteiger partial charge on any atom is 0.409 e. The zero-order valence-electron chi connectivity index (χ0n) is 17.5. The predicted octanol–water partition coefficient (Wildman–Crippen LogP) is 3.62. The first-order valence-corrected chi connectivity index (χ1v) is 11.3. The number of thiazole rings is 1. The molecule has 1 saturated heterocycles. The van der Waals surface area contributed by atoms with Gasteiger partial charge < -0.3 is 19.2 Å². The van der Waals surface area contributed by atoms with Crippen LogP contribution in [-0.4, -0.2) is 68.4 Å². The molecule has 0 aliphatic carbocycles. The van der Waals surface area contributed by atoms with Crippen molar-refractivity contribution < 1.29 is 19.1 Å². The molecule has 1 atom stereocenters. The Bertz CT molecular complexity index is 1200. The summed E-state index contributed by atoms with van der Waals surface area (Å²) in [5, 5.41) is 15.5. The van der Waals surface area contributed by atoms with Crippen molar-refractivity contribution >= 4 is 22.4 Å². The zero-order valence-corrected chi connectivity index (χ0v) is 18.4. The Morgan fingerprint density at radius 2 is 1.97 bits per heavy atom. The molecule has 1 N–H and O–H groups in total. The van der Waals surface area contributed by atoms with Gasteiger partial charge >= 0.3 is 6.09 Å². The molecule has 4 aromatic rings.